The highest BCUT2D eigenvalue weighted by Gasteiger charge is 2.13. The lowest BCUT2D eigenvalue weighted by atomic mass is 10.0. The Morgan fingerprint density at radius 3 is 1.25 bits per heavy atom. The summed E-state index contributed by atoms with van der Waals surface area (Å²) < 4.78 is 0. The van der Waals surface area contributed by atoms with E-state index in [9.17, 15) is 10.2 Å². The first-order valence-electron chi connectivity index (χ1n) is 7.53. The van der Waals surface area contributed by atoms with Crippen LogP contribution in [0.4, 0.5) is 0 Å². The largest absolute Gasteiger partial charge is 0.504 e. The molecule has 0 amide bonds. The summed E-state index contributed by atoms with van der Waals surface area (Å²) in [5.74, 6) is -0.0640. The third kappa shape index (κ3) is 4.39. The van der Waals surface area contributed by atoms with Crippen molar-refractivity contribution in [2.75, 3.05) is 26.2 Å². The summed E-state index contributed by atoms with van der Waals surface area (Å²) in [7, 11) is 0. The fourth-order valence-electron chi connectivity index (χ4n) is 2.33. The van der Waals surface area contributed by atoms with Gasteiger partial charge in [0.15, 0.2) is 11.5 Å². The zero-order valence-electron chi connectivity index (χ0n) is 13.2. The number of nitrogens with zero attached hydrogens (tertiary/aromatic N) is 2. The van der Waals surface area contributed by atoms with E-state index in [4.69, 9.17) is 0 Å². The van der Waals surface area contributed by atoms with Crippen molar-refractivity contribution >= 4 is 0 Å². The molecule has 4 heteroatoms. The van der Waals surface area contributed by atoms with Gasteiger partial charge in [-0.1, -0.05) is 27.7 Å². The van der Waals surface area contributed by atoms with Gasteiger partial charge in [0.2, 0.25) is 0 Å². The Bertz CT molecular complexity index is 374. The van der Waals surface area contributed by atoms with Gasteiger partial charge < -0.3 is 10.2 Å². The van der Waals surface area contributed by atoms with Crippen LogP contribution in [0.5, 0.6) is 11.5 Å². The summed E-state index contributed by atoms with van der Waals surface area (Å²) in [4.78, 5) is 4.61. The molecule has 0 bridgehead atoms. The molecule has 1 rings (SSSR count). The van der Waals surface area contributed by atoms with Crippen LogP contribution >= 0.6 is 0 Å². The molecule has 0 radical (unpaired) electrons. The van der Waals surface area contributed by atoms with Crippen LogP contribution in [0.25, 0.3) is 0 Å². The zero-order valence-corrected chi connectivity index (χ0v) is 13.2. The van der Waals surface area contributed by atoms with Gasteiger partial charge in [0, 0.05) is 13.1 Å². The normalized spacial score (nSPS) is 11.5. The van der Waals surface area contributed by atoms with E-state index in [0.717, 1.165) is 50.4 Å². The number of hydrogen-bond acceptors (Lipinski definition) is 4. The maximum absolute atomic E-state index is 9.75. The minimum absolute atomic E-state index is 0.0320. The maximum atomic E-state index is 9.75. The van der Waals surface area contributed by atoms with Crippen LogP contribution in [-0.2, 0) is 13.1 Å². The average Bonchev–Trinajstić information content (AvgIpc) is 2.46. The molecule has 114 valence electrons. The molecule has 4 nitrogen and oxygen atoms in total. The van der Waals surface area contributed by atoms with Gasteiger partial charge in [-0.3, -0.25) is 9.80 Å². The molecule has 1 aromatic rings. The lowest BCUT2D eigenvalue weighted by molar-refractivity contribution is 0.279. The van der Waals surface area contributed by atoms with Crippen molar-refractivity contribution in [1.29, 1.82) is 0 Å². The zero-order chi connectivity index (χ0) is 15.1. The minimum atomic E-state index is -0.0320. The van der Waals surface area contributed by atoms with E-state index in [-0.39, 0.29) is 11.5 Å². The lowest BCUT2D eigenvalue weighted by Gasteiger charge is -2.24. The van der Waals surface area contributed by atoms with Gasteiger partial charge in [0.05, 0.1) is 0 Å². The quantitative estimate of drug-likeness (QED) is 0.719. The third-order valence-corrected chi connectivity index (χ3v) is 3.87. The predicted octanol–water partition coefficient (Wildman–Crippen LogP) is 2.78. The Morgan fingerprint density at radius 2 is 1.00 bits per heavy atom. The highest BCUT2D eigenvalue weighted by atomic mass is 16.3. The molecule has 0 spiro atoms. The van der Waals surface area contributed by atoms with E-state index < -0.39 is 0 Å². The topological polar surface area (TPSA) is 46.9 Å². The molecule has 0 aliphatic carbocycles. The summed E-state index contributed by atoms with van der Waals surface area (Å²) in [6.07, 6.45) is 0. The van der Waals surface area contributed by atoms with Crippen molar-refractivity contribution in [2.45, 2.75) is 40.8 Å². The number of phenolic OH excluding ortho intramolecular Hbond substituents is 2. The van der Waals surface area contributed by atoms with Crippen LogP contribution in [0.2, 0.25) is 0 Å². The van der Waals surface area contributed by atoms with Crippen LogP contribution in [-0.4, -0.2) is 46.2 Å². The second-order valence-corrected chi connectivity index (χ2v) is 5.03. The molecule has 0 aliphatic heterocycles. The Morgan fingerprint density at radius 1 is 0.700 bits per heavy atom. The van der Waals surface area contributed by atoms with E-state index >= 15 is 0 Å². The van der Waals surface area contributed by atoms with Crippen LogP contribution < -0.4 is 0 Å². The van der Waals surface area contributed by atoms with Crippen LogP contribution in [0, 0.1) is 0 Å². The van der Waals surface area contributed by atoms with E-state index in [2.05, 4.69) is 37.5 Å². The predicted molar refractivity (Wildman–Crippen MR) is 83.0 cm³/mol. The van der Waals surface area contributed by atoms with Gasteiger partial charge in [-0.05, 0) is 49.4 Å². The molecule has 1 aromatic carbocycles. The number of aromatic hydroxyl groups is 2. The van der Waals surface area contributed by atoms with E-state index in [1.807, 2.05) is 0 Å². The van der Waals surface area contributed by atoms with Crippen molar-refractivity contribution in [2.24, 2.45) is 0 Å². The number of rotatable bonds is 8. The number of phenols is 2. The first-order chi connectivity index (χ1) is 9.55. The maximum Gasteiger partial charge on any atom is 0.157 e. The molecule has 0 saturated carbocycles. The SMILES string of the molecule is CCN(CC)Cc1cc(O)c(O)cc1CN(CC)CC. The summed E-state index contributed by atoms with van der Waals surface area (Å²) >= 11 is 0. The van der Waals surface area contributed by atoms with Gasteiger partial charge in [0.25, 0.3) is 0 Å². The van der Waals surface area contributed by atoms with E-state index in [0.29, 0.717) is 0 Å². The smallest absolute Gasteiger partial charge is 0.157 e. The molecule has 2 N–H and O–H groups in total. The molecule has 20 heavy (non-hydrogen) atoms. The Balaban J connectivity index is 3.03. The van der Waals surface area contributed by atoms with Gasteiger partial charge in [0.1, 0.15) is 0 Å². The number of benzene rings is 1. The first kappa shape index (κ1) is 16.8. The Hall–Kier alpha value is -1.26. The lowest BCUT2D eigenvalue weighted by Crippen LogP contribution is -2.26. The van der Waals surface area contributed by atoms with E-state index in [1.54, 1.807) is 12.1 Å². The van der Waals surface area contributed by atoms with Crippen LogP contribution in [0.15, 0.2) is 12.1 Å². The monoisotopic (exact) mass is 280 g/mol. The highest BCUT2D eigenvalue weighted by molar-refractivity contribution is 5.45. The molecule has 0 unspecified atom stereocenters. The fraction of sp³-hybridized carbons (Fsp3) is 0.625. The minimum Gasteiger partial charge on any atom is -0.504 e. The molecule has 0 heterocycles. The summed E-state index contributed by atoms with van der Waals surface area (Å²) in [5.41, 5.74) is 2.19. The second kappa shape index (κ2) is 8.12. The van der Waals surface area contributed by atoms with Crippen molar-refractivity contribution in [3.63, 3.8) is 0 Å². The molecular weight excluding hydrogens is 252 g/mol. The first-order valence-corrected chi connectivity index (χ1v) is 7.53. The molecule has 0 aromatic heterocycles. The Kier molecular flexibility index (Phi) is 6.82. The molecule has 0 fully saturated rings. The second-order valence-electron chi connectivity index (χ2n) is 5.03. The van der Waals surface area contributed by atoms with Gasteiger partial charge in [-0.15, -0.1) is 0 Å². The van der Waals surface area contributed by atoms with Gasteiger partial charge in [-0.2, -0.15) is 0 Å². The van der Waals surface area contributed by atoms with Crippen molar-refractivity contribution in [3.05, 3.63) is 23.3 Å². The van der Waals surface area contributed by atoms with Gasteiger partial charge in [-0.25, -0.2) is 0 Å². The Labute approximate surface area is 122 Å². The standard InChI is InChI=1S/C16H28N2O2/c1-5-17(6-2)11-13-9-15(19)16(20)10-14(13)12-18(7-3)8-4/h9-10,19-20H,5-8,11-12H2,1-4H3. The summed E-state index contributed by atoms with van der Waals surface area (Å²) in [6.45, 7) is 14.0. The molecule has 0 aliphatic rings. The average molecular weight is 280 g/mol. The summed E-state index contributed by atoms with van der Waals surface area (Å²) in [6, 6.07) is 3.40. The number of hydrogen-bond donors (Lipinski definition) is 2. The molecule has 0 saturated heterocycles. The highest BCUT2D eigenvalue weighted by Crippen LogP contribution is 2.29. The van der Waals surface area contributed by atoms with Crippen LogP contribution in [0.3, 0.4) is 0 Å². The van der Waals surface area contributed by atoms with Crippen molar-refractivity contribution in [1.82, 2.24) is 9.80 Å². The molecular formula is C16H28N2O2. The van der Waals surface area contributed by atoms with Gasteiger partial charge >= 0.3 is 0 Å². The summed E-state index contributed by atoms with van der Waals surface area (Å²) in [5, 5.41) is 19.5. The van der Waals surface area contributed by atoms with Crippen molar-refractivity contribution < 1.29 is 10.2 Å². The van der Waals surface area contributed by atoms with Crippen molar-refractivity contribution in [3.8, 4) is 11.5 Å². The van der Waals surface area contributed by atoms with E-state index in [1.165, 1.54) is 0 Å². The fourth-order valence-corrected chi connectivity index (χ4v) is 2.33. The van der Waals surface area contributed by atoms with Crippen LogP contribution in [0.1, 0.15) is 38.8 Å². The molecule has 0 atom stereocenters. The third-order valence-electron chi connectivity index (χ3n) is 3.87.